The lowest BCUT2D eigenvalue weighted by Gasteiger charge is -2.05. The van der Waals surface area contributed by atoms with Gasteiger partial charge in [-0.15, -0.1) is 21.5 Å². The molecular weight excluding hydrogens is 432 g/mol. The van der Waals surface area contributed by atoms with E-state index >= 15 is 0 Å². The van der Waals surface area contributed by atoms with Gasteiger partial charge in [0.25, 0.3) is 5.91 Å². The van der Waals surface area contributed by atoms with Crippen LogP contribution in [-0.4, -0.2) is 39.4 Å². The zero-order valence-corrected chi connectivity index (χ0v) is 18.2. The number of aromatic nitrogens is 3. The van der Waals surface area contributed by atoms with Gasteiger partial charge in [0.15, 0.2) is 4.34 Å². The van der Waals surface area contributed by atoms with E-state index in [0.29, 0.717) is 34.0 Å². The van der Waals surface area contributed by atoms with E-state index in [1.807, 2.05) is 12.3 Å². The number of ether oxygens (including phenoxy) is 2. The number of hydrogen-bond donors (Lipinski definition) is 1. The molecule has 0 bridgehead atoms. The molecular formula is C18H18N4O4S3. The number of thiazole rings is 1. The summed E-state index contributed by atoms with van der Waals surface area (Å²) in [5.41, 5.74) is 1.35. The van der Waals surface area contributed by atoms with Crippen molar-refractivity contribution in [2.75, 3.05) is 17.7 Å². The second kappa shape index (κ2) is 10.3. The third-order valence-electron chi connectivity index (χ3n) is 3.42. The van der Waals surface area contributed by atoms with Gasteiger partial charge in [0.05, 0.1) is 23.1 Å². The number of nitrogens with zero attached hydrogens (tertiary/aromatic N) is 3. The molecule has 3 rings (SSSR count). The van der Waals surface area contributed by atoms with E-state index in [-0.39, 0.29) is 17.6 Å². The lowest BCUT2D eigenvalue weighted by molar-refractivity contribution is -0.139. The van der Waals surface area contributed by atoms with E-state index in [1.165, 1.54) is 23.1 Å². The molecule has 0 saturated heterocycles. The predicted molar refractivity (Wildman–Crippen MR) is 113 cm³/mol. The molecule has 0 aliphatic heterocycles. The maximum Gasteiger partial charge on any atom is 0.316 e. The van der Waals surface area contributed by atoms with Crippen LogP contribution >= 0.6 is 34.4 Å². The SMILES string of the molecule is CCOC(=O)CSc1nnc(NC(=O)c2ccc(OCc3csc(C)n3)cc2)s1. The minimum Gasteiger partial charge on any atom is -0.487 e. The van der Waals surface area contributed by atoms with Crippen molar-refractivity contribution in [3.8, 4) is 5.75 Å². The standard InChI is InChI=1S/C18H18N4O4S3/c1-3-25-15(23)10-28-18-22-21-17(29-18)20-16(24)12-4-6-14(7-5-12)26-8-13-9-27-11(2)19-13/h4-7,9H,3,8,10H2,1-2H3,(H,20,21,24). The molecule has 1 N–H and O–H groups in total. The molecule has 0 spiro atoms. The van der Waals surface area contributed by atoms with Gasteiger partial charge in [0.1, 0.15) is 12.4 Å². The second-order valence-electron chi connectivity index (χ2n) is 5.59. The van der Waals surface area contributed by atoms with Gasteiger partial charge >= 0.3 is 5.97 Å². The topological polar surface area (TPSA) is 103 Å². The fourth-order valence-corrected chi connectivity index (χ4v) is 4.29. The lowest BCUT2D eigenvalue weighted by Crippen LogP contribution is -2.11. The Hall–Kier alpha value is -2.50. The Morgan fingerprint density at radius 2 is 2.00 bits per heavy atom. The molecule has 0 saturated carbocycles. The first-order valence-corrected chi connectivity index (χ1v) is 11.3. The van der Waals surface area contributed by atoms with Crippen LogP contribution in [0.15, 0.2) is 34.0 Å². The van der Waals surface area contributed by atoms with Crippen molar-refractivity contribution in [2.24, 2.45) is 0 Å². The van der Waals surface area contributed by atoms with Crippen molar-refractivity contribution < 1.29 is 19.1 Å². The van der Waals surface area contributed by atoms with Crippen LogP contribution in [0.1, 0.15) is 28.0 Å². The zero-order chi connectivity index (χ0) is 20.6. The Morgan fingerprint density at radius 3 is 2.69 bits per heavy atom. The molecule has 0 unspecified atom stereocenters. The number of benzene rings is 1. The molecule has 3 aromatic rings. The highest BCUT2D eigenvalue weighted by Gasteiger charge is 2.12. The van der Waals surface area contributed by atoms with Crippen molar-refractivity contribution in [3.63, 3.8) is 0 Å². The number of carbonyl (C=O) groups is 2. The molecule has 11 heteroatoms. The van der Waals surface area contributed by atoms with E-state index in [0.717, 1.165) is 10.7 Å². The average molecular weight is 451 g/mol. The summed E-state index contributed by atoms with van der Waals surface area (Å²) in [5.74, 6) is 0.189. The summed E-state index contributed by atoms with van der Waals surface area (Å²) in [7, 11) is 0. The molecule has 1 aromatic carbocycles. The third-order valence-corrected chi connectivity index (χ3v) is 6.18. The number of aryl methyl sites for hydroxylation is 1. The van der Waals surface area contributed by atoms with Crippen LogP contribution in [-0.2, 0) is 16.1 Å². The van der Waals surface area contributed by atoms with Crippen LogP contribution < -0.4 is 10.1 Å². The number of esters is 1. The molecule has 2 aromatic heterocycles. The summed E-state index contributed by atoms with van der Waals surface area (Å²) < 4.78 is 11.1. The van der Waals surface area contributed by atoms with Gasteiger partial charge in [0, 0.05) is 10.9 Å². The van der Waals surface area contributed by atoms with E-state index < -0.39 is 0 Å². The quantitative estimate of drug-likeness (QED) is 0.298. The molecule has 29 heavy (non-hydrogen) atoms. The van der Waals surface area contributed by atoms with Crippen LogP contribution in [0, 0.1) is 6.92 Å². The summed E-state index contributed by atoms with van der Waals surface area (Å²) in [6, 6.07) is 6.81. The Balaban J connectivity index is 1.49. The molecule has 0 atom stereocenters. The summed E-state index contributed by atoms with van der Waals surface area (Å²) in [6.45, 7) is 4.42. The maximum absolute atomic E-state index is 12.4. The van der Waals surface area contributed by atoms with Crippen molar-refractivity contribution in [3.05, 3.63) is 45.9 Å². The number of thioether (sulfide) groups is 1. The third kappa shape index (κ3) is 6.51. The predicted octanol–water partition coefficient (Wildman–Crippen LogP) is 3.79. The molecule has 1 amide bonds. The van der Waals surface area contributed by atoms with E-state index in [1.54, 1.807) is 42.5 Å². The van der Waals surface area contributed by atoms with Gasteiger partial charge in [-0.05, 0) is 38.1 Å². The monoisotopic (exact) mass is 450 g/mol. The molecule has 152 valence electrons. The van der Waals surface area contributed by atoms with Crippen molar-refractivity contribution in [1.82, 2.24) is 15.2 Å². The fourth-order valence-electron chi connectivity index (χ4n) is 2.15. The first kappa shape index (κ1) is 21.2. The Kier molecular flexibility index (Phi) is 7.55. The highest BCUT2D eigenvalue weighted by Crippen LogP contribution is 2.26. The van der Waals surface area contributed by atoms with E-state index in [9.17, 15) is 9.59 Å². The summed E-state index contributed by atoms with van der Waals surface area (Å²) >= 11 is 3.99. The first-order chi connectivity index (χ1) is 14.0. The van der Waals surface area contributed by atoms with Gasteiger partial charge in [0.2, 0.25) is 5.13 Å². The highest BCUT2D eigenvalue weighted by atomic mass is 32.2. The number of anilines is 1. The lowest BCUT2D eigenvalue weighted by atomic mass is 10.2. The largest absolute Gasteiger partial charge is 0.487 e. The maximum atomic E-state index is 12.4. The minimum absolute atomic E-state index is 0.151. The first-order valence-electron chi connectivity index (χ1n) is 8.60. The molecule has 8 nitrogen and oxygen atoms in total. The van der Waals surface area contributed by atoms with Crippen molar-refractivity contribution in [2.45, 2.75) is 24.8 Å². The summed E-state index contributed by atoms with van der Waals surface area (Å²) in [6.07, 6.45) is 0. The van der Waals surface area contributed by atoms with E-state index in [4.69, 9.17) is 9.47 Å². The second-order valence-corrected chi connectivity index (χ2v) is 8.85. The van der Waals surface area contributed by atoms with Gasteiger partial charge in [-0.2, -0.15) is 0 Å². The summed E-state index contributed by atoms with van der Waals surface area (Å²) in [5, 5.41) is 13.9. The highest BCUT2D eigenvalue weighted by molar-refractivity contribution is 8.01. The van der Waals surface area contributed by atoms with Crippen molar-refractivity contribution in [1.29, 1.82) is 0 Å². The summed E-state index contributed by atoms with van der Waals surface area (Å²) in [4.78, 5) is 28.1. The number of carbonyl (C=O) groups excluding carboxylic acids is 2. The molecule has 2 heterocycles. The van der Waals surface area contributed by atoms with Crippen LogP contribution in [0.3, 0.4) is 0 Å². The van der Waals surface area contributed by atoms with Gasteiger partial charge in [-0.25, -0.2) is 4.98 Å². The minimum atomic E-state index is -0.314. The molecule has 0 radical (unpaired) electrons. The van der Waals surface area contributed by atoms with Crippen LogP contribution in [0.4, 0.5) is 5.13 Å². The number of hydrogen-bond acceptors (Lipinski definition) is 10. The van der Waals surface area contributed by atoms with Crippen LogP contribution in [0.2, 0.25) is 0 Å². The smallest absolute Gasteiger partial charge is 0.316 e. The van der Waals surface area contributed by atoms with Gasteiger partial charge in [-0.3, -0.25) is 14.9 Å². The molecule has 0 fully saturated rings. The Bertz CT molecular complexity index is 972. The Labute approximate surface area is 179 Å². The number of rotatable bonds is 9. The van der Waals surface area contributed by atoms with Gasteiger partial charge < -0.3 is 9.47 Å². The van der Waals surface area contributed by atoms with Crippen LogP contribution in [0.25, 0.3) is 0 Å². The zero-order valence-electron chi connectivity index (χ0n) is 15.7. The van der Waals surface area contributed by atoms with Crippen LogP contribution in [0.5, 0.6) is 5.75 Å². The normalized spacial score (nSPS) is 10.6. The number of nitrogens with one attached hydrogen (secondary N) is 1. The van der Waals surface area contributed by atoms with Crippen molar-refractivity contribution >= 4 is 51.4 Å². The molecule has 0 aliphatic rings. The average Bonchev–Trinajstić information content (AvgIpc) is 3.34. The fraction of sp³-hybridized carbons (Fsp3) is 0.278. The number of amides is 1. The van der Waals surface area contributed by atoms with E-state index in [2.05, 4.69) is 20.5 Å². The Morgan fingerprint density at radius 1 is 1.21 bits per heavy atom. The van der Waals surface area contributed by atoms with Gasteiger partial charge in [-0.1, -0.05) is 23.1 Å². The molecule has 0 aliphatic carbocycles.